The van der Waals surface area contributed by atoms with Crippen LogP contribution < -0.4 is 41.0 Å². The van der Waals surface area contributed by atoms with Gasteiger partial charge in [-0.25, -0.2) is 15.1 Å². The third-order valence-corrected chi connectivity index (χ3v) is 26.4. The van der Waals surface area contributed by atoms with Gasteiger partial charge < -0.3 is 49.7 Å². The van der Waals surface area contributed by atoms with Crippen molar-refractivity contribution >= 4 is 158 Å². The summed E-state index contributed by atoms with van der Waals surface area (Å²) in [6, 6.07) is 124. The number of fused-ring (bicyclic) bond motifs is 26. The van der Waals surface area contributed by atoms with E-state index in [0.717, 1.165) is 127 Å². The molecular weight excluding hydrogens is 1790 g/mol. The number of carbonyl (C=O) groups is 4. The van der Waals surface area contributed by atoms with Gasteiger partial charge in [0.25, 0.3) is 5.70 Å². The maximum Gasteiger partial charge on any atom is 2.00 e. The van der Waals surface area contributed by atoms with Crippen molar-refractivity contribution in [2.75, 3.05) is 34.1 Å². The summed E-state index contributed by atoms with van der Waals surface area (Å²) >= 11 is 0. The molecule has 0 amide bonds. The second kappa shape index (κ2) is 37.5. The van der Waals surface area contributed by atoms with Gasteiger partial charge in [-0.1, -0.05) is 281 Å². The quantitative estimate of drug-likeness (QED) is 0.0338. The van der Waals surface area contributed by atoms with E-state index in [1.54, 1.807) is 25.2 Å². The largest absolute Gasteiger partial charge is 2.00 e. The first-order valence-corrected chi connectivity index (χ1v) is 46.2. The second-order valence-electron chi connectivity index (χ2n) is 35.7. The molecule has 25 rings (SSSR count). The molecule has 0 saturated heterocycles. The minimum Gasteiger partial charge on any atom is -0.462 e. The first-order chi connectivity index (χ1) is 68.4. The molecule has 1 radical (unpaired) electrons. The standard InChI is InChI=1S/C39H27NO2.C32H18N8.C32H23NO2.C19H17N3O.Cu/c1-39(2)33-14-8-9-15-34(33)40(28-12-4-3-5-13-28)35-19-17-27-20-24(16-18-29(27)36(35)39)21-32-37(41)30-22-25-10-6-7-11-26(25)23-31(30)38(32)42;1-2-10-18-17(9-1)25-33-26(18)38-28-21-13-5-6-14-22(21)30(35-28)40-32-24-16-8-7-15-23(24)31(36-32)39-29-20-12-4-3-11-19(20)27(34-29)37-25;34-31-28-20-23-9-7-8-10-24(23)21-29(28)32(35)30(31)19-22-15-17-27(18-16-22)33(25-11-3-1-4-12-25)26-13-5-2-6-14-26;1-14-11-16(19(13-20)21-2)12-18(23-14)10-7-15-5-8-17(9-6-15)22(3)4;/h3-23H,1-2H3;1-16,25,37H;1-18,20-21,30H,19H2;5-12H,1,3-4H3;/q;-2;;;+2/b;;;10-7+,19-16+;. The van der Waals surface area contributed by atoms with Crippen LogP contribution in [0.15, 0.2) is 436 Å². The van der Waals surface area contributed by atoms with Crippen LogP contribution in [0.3, 0.4) is 0 Å². The average Bonchev–Trinajstić information content (AvgIpc) is 1.65. The summed E-state index contributed by atoms with van der Waals surface area (Å²) in [5, 5.41) is 22.4. The molecule has 7 heterocycles. The number of amidine groups is 3. The Balaban J connectivity index is 0.000000114. The van der Waals surface area contributed by atoms with E-state index >= 15 is 0 Å². The van der Waals surface area contributed by atoms with E-state index in [2.05, 4.69) is 149 Å². The van der Waals surface area contributed by atoms with E-state index in [1.165, 1.54) is 16.8 Å². The summed E-state index contributed by atoms with van der Waals surface area (Å²) in [6.07, 6.45) is 8.97. The average molecular weight is 1880 g/mol. The van der Waals surface area contributed by atoms with E-state index in [-0.39, 0.29) is 63.1 Å². The minimum atomic E-state index is -0.660. The molecule has 18 nitrogen and oxygen atoms in total. The van der Waals surface area contributed by atoms with Gasteiger partial charge in [0.1, 0.15) is 17.7 Å². The molecule has 8 bridgehead atoms. The zero-order valence-electron chi connectivity index (χ0n) is 77.1. The number of aromatic nitrogens is 2. The molecular formula is C122H85CuN13O5. The number of nitrogens with zero attached hydrogens (tertiary/aromatic N) is 12. The number of hydrogen-bond donors (Lipinski definition) is 1. The van der Waals surface area contributed by atoms with Crippen LogP contribution in [0.5, 0.6) is 0 Å². The second-order valence-corrected chi connectivity index (χ2v) is 35.7. The molecule has 141 heavy (non-hydrogen) atoms. The Morgan fingerprint density at radius 1 is 0.482 bits per heavy atom. The van der Waals surface area contributed by atoms with E-state index < -0.39 is 5.92 Å². The summed E-state index contributed by atoms with van der Waals surface area (Å²) in [4.78, 5) is 97.6. The Hall–Kier alpha value is -18.1. The molecule has 16 aromatic carbocycles. The van der Waals surface area contributed by atoms with Crippen molar-refractivity contribution in [3.05, 3.63) is 505 Å². The molecule has 2 aliphatic carbocycles. The SMILES string of the molecule is CC1(C)c2ccccc2N(c2ccccc2)c2ccc3cc(C=C4C(=O)c5cc6ccccc6cc5C4=O)ccc3c21.O=C1c2cc3ccccc3cc2C(=O)C1Cc1ccc(N(c2ccccc2)c2ccccc2)cc1.[C-]#[N+]/C(C#N)=C1\C=C(C)OC(/C=C/c2ccc(N(C)C)cc2)=C1.[Cu+2].c1ccc2c(c1)C1=NC2=Nc2[n-]c(c3ccccc23)NC2N=C(N=c3[n-]c(c4ccccc34)=N1)c1ccccc12. The van der Waals surface area contributed by atoms with Crippen molar-refractivity contribution in [1.29, 1.82) is 5.26 Å². The zero-order chi connectivity index (χ0) is 95.4. The molecule has 5 aliphatic heterocycles. The fourth-order valence-corrected chi connectivity index (χ4v) is 19.6. The first-order valence-electron chi connectivity index (χ1n) is 46.2. The minimum absolute atomic E-state index is 0. The van der Waals surface area contributed by atoms with Crippen LogP contribution in [0.4, 0.5) is 51.4 Å². The van der Waals surface area contributed by atoms with Crippen LogP contribution in [0.25, 0.3) is 70.9 Å². The number of nitrogens with one attached hydrogen (secondary N) is 1. The van der Waals surface area contributed by atoms with Crippen molar-refractivity contribution < 1.29 is 41.0 Å². The molecule has 7 aliphatic rings. The number of carbonyl (C=O) groups excluding carboxylic acids is 4. The van der Waals surface area contributed by atoms with Crippen LogP contribution in [-0.4, -0.2) is 54.7 Å². The van der Waals surface area contributed by atoms with E-state index in [1.807, 2.05) is 286 Å². The van der Waals surface area contributed by atoms with Crippen LogP contribution in [-0.2, 0) is 33.6 Å². The van der Waals surface area contributed by atoms with Crippen LogP contribution in [0.1, 0.15) is 118 Å². The summed E-state index contributed by atoms with van der Waals surface area (Å²) in [5.74, 6) is 3.11. The third kappa shape index (κ3) is 16.9. The van der Waals surface area contributed by atoms with Gasteiger partial charge in [-0.2, -0.15) is 0 Å². The number of para-hydroxylation sites is 4. The normalized spacial score (nSPS) is 15.1. The number of allylic oxidation sites excluding steroid dienone is 7. The van der Waals surface area contributed by atoms with Crippen molar-refractivity contribution in [1.82, 2.24) is 9.97 Å². The smallest absolute Gasteiger partial charge is 0.462 e. The van der Waals surface area contributed by atoms with E-state index in [4.69, 9.17) is 51.5 Å². The maximum atomic E-state index is 13.4. The number of nitriles is 1. The number of ketones is 4. The Kier molecular flexibility index (Phi) is 23.8. The molecule has 2 aromatic heterocycles. The summed E-state index contributed by atoms with van der Waals surface area (Å²) < 4.78 is 5.62. The van der Waals surface area contributed by atoms with Gasteiger partial charge >= 0.3 is 17.1 Å². The molecule has 18 aromatic rings. The number of ether oxygens (including phenoxy) is 1. The maximum absolute atomic E-state index is 13.4. The van der Waals surface area contributed by atoms with Crippen LogP contribution >= 0.6 is 0 Å². The van der Waals surface area contributed by atoms with Crippen molar-refractivity contribution in [3.8, 4) is 6.07 Å². The first kappa shape index (κ1) is 89.4. The molecule has 0 saturated carbocycles. The Labute approximate surface area is 823 Å². The monoisotopic (exact) mass is 1870 g/mol. The Morgan fingerprint density at radius 3 is 1.61 bits per heavy atom. The van der Waals surface area contributed by atoms with Gasteiger partial charge in [0, 0.05) is 110 Å². The molecule has 1 N–H and O–H groups in total. The third-order valence-electron chi connectivity index (χ3n) is 26.4. The van der Waals surface area contributed by atoms with Gasteiger partial charge in [0.2, 0.25) is 0 Å². The number of aliphatic imine (C=N–C) groups is 3. The Morgan fingerprint density at radius 2 is 1.00 bits per heavy atom. The number of benzene rings is 16. The van der Waals surface area contributed by atoms with Crippen LogP contribution in [0.2, 0.25) is 0 Å². The zero-order valence-corrected chi connectivity index (χ0v) is 78.0. The Bertz CT molecular complexity index is 8560. The van der Waals surface area contributed by atoms with E-state index in [9.17, 15) is 19.2 Å². The van der Waals surface area contributed by atoms with Gasteiger partial charge in [0.05, 0.1) is 53.0 Å². The summed E-state index contributed by atoms with van der Waals surface area (Å²) in [7, 11) is 4.00. The number of anilines is 8. The van der Waals surface area contributed by atoms with Gasteiger partial charge in [0.15, 0.2) is 23.1 Å². The number of Topliss-reactive ketones (excluding diaryl/α,β-unsaturated/α-hetero) is 4. The summed E-state index contributed by atoms with van der Waals surface area (Å²) in [6.45, 7) is 13.4. The van der Waals surface area contributed by atoms with Gasteiger partial charge in [-0.15, -0.1) is 0 Å². The molecule has 0 fully saturated rings. The topological polar surface area (TPSA) is 217 Å². The fourth-order valence-electron chi connectivity index (χ4n) is 19.6. The van der Waals surface area contributed by atoms with Crippen molar-refractivity contribution in [3.63, 3.8) is 0 Å². The molecule has 679 valence electrons. The molecule has 1 atom stereocenters. The predicted octanol–water partition coefficient (Wildman–Crippen LogP) is 26.0. The van der Waals surface area contributed by atoms with Crippen molar-refractivity contribution in [2.24, 2.45) is 30.9 Å². The summed E-state index contributed by atoms with van der Waals surface area (Å²) in [5.41, 5.74) is 20.8. The van der Waals surface area contributed by atoms with E-state index in [0.29, 0.717) is 85.9 Å². The van der Waals surface area contributed by atoms with Crippen LogP contribution in [0, 0.1) is 23.8 Å². The molecule has 19 heteroatoms. The number of hydrogen-bond acceptors (Lipinski definition) is 15. The van der Waals surface area contributed by atoms with Gasteiger partial charge in [-0.3, -0.25) is 24.2 Å². The van der Waals surface area contributed by atoms with Gasteiger partial charge in [-0.05, 0) is 234 Å². The fraction of sp³-hybridized carbons (Fsp3) is 0.0738. The molecule has 1 unspecified atom stereocenters. The predicted molar refractivity (Wildman–Crippen MR) is 560 cm³/mol. The number of rotatable bonds is 10. The van der Waals surface area contributed by atoms with Crippen molar-refractivity contribution in [2.45, 2.75) is 38.8 Å². The molecule has 0 spiro atoms.